The van der Waals surface area contributed by atoms with Gasteiger partial charge in [0.15, 0.2) is 11.5 Å². The van der Waals surface area contributed by atoms with E-state index in [0.717, 1.165) is 55.5 Å². The number of hydrogen-bond donors (Lipinski definition) is 1. The summed E-state index contributed by atoms with van der Waals surface area (Å²) >= 11 is 0. The molecule has 0 aliphatic carbocycles. The Kier molecular flexibility index (Phi) is 4.98. The molecule has 0 atom stereocenters. The number of hydrogen-bond acceptors (Lipinski definition) is 5. The Balaban J connectivity index is 1.28. The van der Waals surface area contributed by atoms with E-state index in [2.05, 4.69) is 11.0 Å². The van der Waals surface area contributed by atoms with Crippen LogP contribution >= 0.6 is 0 Å². The normalized spacial score (nSPS) is 16.8. The van der Waals surface area contributed by atoms with E-state index < -0.39 is 0 Å². The number of anilines is 1. The van der Waals surface area contributed by atoms with Gasteiger partial charge in [0.2, 0.25) is 12.7 Å². The maximum atomic E-state index is 12.4. The Morgan fingerprint density at radius 3 is 2.52 bits per heavy atom. The van der Waals surface area contributed by atoms with Crippen molar-refractivity contribution in [2.45, 2.75) is 6.54 Å². The summed E-state index contributed by atoms with van der Waals surface area (Å²) in [6.45, 7) is 4.32. The molecule has 2 aliphatic rings. The molecule has 6 nitrogen and oxygen atoms in total. The molecule has 2 aromatic carbocycles. The minimum Gasteiger partial charge on any atom is -0.454 e. The molecular weight excluding hydrogens is 342 g/mol. The second-order valence-corrected chi connectivity index (χ2v) is 6.79. The van der Waals surface area contributed by atoms with E-state index in [1.807, 2.05) is 47.4 Å². The third-order valence-corrected chi connectivity index (χ3v) is 4.88. The predicted octanol–water partition coefficient (Wildman–Crippen LogP) is 2.36. The summed E-state index contributed by atoms with van der Waals surface area (Å²) in [5, 5.41) is 0. The number of benzene rings is 2. The minimum atomic E-state index is 0.0505. The summed E-state index contributed by atoms with van der Waals surface area (Å²) in [4.78, 5) is 16.6. The van der Waals surface area contributed by atoms with Gasteiger partial charge in [-0.25, -0.2) is 0 Å². The van der Waals surface area contributed by atoms with Crippen molar-refractivity contribution in [2.24, 2.45) is 0 Å². The number of carbonyl (C=O) groups is 1. The van der Waals surface area contributed by atoms with Crippen LogP contribution in [-0.2, 0) is 11.3 Å². The summed E-state index contributed by atoms with van der Waals surface area (Å²) < 4.78 is 10.8. The first-order chi connectivity index (χ1) is 13.2. The van der Waals surface area contributed by atoms with Gasteiger partial charge in [-0.15, -0.1) is 0 Å². The quantitative estimate of drug-likeness (QED) is 0.665. The van der Waals surface area contributed by atoms with Crippen LogP contribution in [0.2, 0.25) is 0 Å². The largest absolute Gasteiger partial charge is 0.454 e. The number of ether oxygens (including phenoxy) is 2. The van der Waals surface area contributed by atoms with Gasteiger partial charge in [0.25, 0.3) is 0 Å². The van der Waals surface area contributed by atoms with Gasteiger partial charge in [-0.3, -0.25) is 9.69 Å². The SMILES string of the molecule is Nc1ccc(/C=C/C(=O)N2CCN(Cc3ccc4c(c3)OCO4)CC2)cc1. The van der Waals surface area contributed by atoms with Gasteiger partial charge in [-0.05, 0) is 41.5 Å². The fourth-order valence-electron chi connectivity index (χ4n) is 3.30. The predicted molar refractivity (Wildman–Crippen MR) is 104 cm³/mol. The average molecular weight is 365 g/mol. The highest BCUT2D eigenvalue weighted by atomic mass is 16.7. The smallest absolute Gasteiger partial charge is 0.246 e. The average Bonchev–Trinajstić information content (AvgIpc) is 3.16. The van der Waals surface area contributed by atoms with Gasteiger partial charge in [0, 0.05) is 44.5 Å². The molecule has 0 radical (unpaired) electrons. The molecule has 0 aromatic heterocycles. The monoisotopic (exact) mass is 365 g/mol. The van der Waals surface area contributed by atoms with Crippen LogP contribution in [0.4, 0.5) is 5.69 Å². The summed E-state index contributed by atoms with van der Waals surface area (Å²) in [6, 6.07) is 13.5. The molecule has 2 aromatic rings. The fraction of sp³-hybridized carbons (Fsp3) is 0.286. The lowest BCUT2D eigenvalue weighted by molar-refractivity contribution is -0.127. The van der Waals surface area contributed by atoms with Gasteiger partial charge in [0.05, 0.1) is 0 Å². The number of piperazine rings is 1. The van der Waals surface area contributed by atoms with Gasteiger partial charge < -0.3 is 20.1 Å². The molecule has 1 fully saturated rings. The first-order valence-electron chi connectivity index (χ1n) is 9.11. The van der Waals surface area contributed by atoms with Gasteiger partial charge in [-0.1, -0.05) is 18.2 Å². The molecular formula is C21H23N3O3. The number of carbonyl (C=O) groups excluding carboxylic acids is 1. The third kappa shape index (κ3) is 4.23. The standard InChI is InChI=1S/C21H23N3O3/c22-18-5-1-16(2-6-18)4-8-21(25)24-11-9-23(10-12-24)14-17-3-7-19-20(13-17)27-15-26-19/h1-8,13H,9-12,14-15,22H2/b8-4+. The Labute approximate surface area is 158 Å². The van der Waals surface area contributed by atoms with Crippen molar-refractivity contribution in [2.75, 3.05) is 38.7 Å². The van der Waals surface area contributed by atoms with Crippen LogP contribution in [0.1, 0.15) is 11.1 Å². The van der Waals surface area contributed by atoms with Crippen LogP contribution in [0.3, 0.4) is 0 Å². The first kappa shape index (κ1) is 17.4. The van der Waals surface area contributed by atoms with Gasteiger partial charge in [0.1, 0.15) is 0 Å². The second-order valence-electron chi connectivity index (χ2n) is 6.79. The zero-order valence-corrected chi connectivity index (χ0v) is 15.1. The van der Waals surface area contributed by atoms with E-state index in [9.17, 15) is 4.79 Å². The molecule has 140 valence electrons. The van der Waals surface area contributed by atoms with E-state index in [-0.39, 0.29) is 5.91 Å². The summed E-state index contributed by atoms with van der Waals surface area (Å²) in [7, 11) is 0. The lowest BCUT2D eigenvalue weighted by atomic mass is 10.1. The molecule has 1 amide bonds. The zero-order valence-electron chi connectivity index (χ0n) is 15.1. The molecule has 6 heteroatoms. The van der Waals surface area contributed by atoms with Crippen molar-refractivity contribution in [3.8, 4) is 11.5 Å². The van der Waals surface area contributed by atoms with E-state index in [0.29, 0.717) is 6.79 Å². The van der Waals surface area contributed by atoms with Crippen LogP contribution < -0.4 is 15.2 Å². The Morgan fingerprint density at radius 2 is 1.74 bits per heavy atom. The van der Waals surface area contributed by atoms with Crippen LogP contribution in [-0.4, -0.2) is 48.7 Å². The summed E-state index contributed by atoms with van der Waals surface area (Å²) in [6.07, 6.45) is 3.47. The Morgan fingerprint density at radius 1 is 1.00 bits per heavy atom. The number of nitrogens with zero attached hydrogens (tertiary/aromatic N) is 2. The van der Waals surface area contributed by atoms with Gasteiger partial charge in [-0.2, -0.15) is 0 Å². The molecule has 0 unspecified atom stereocenters. The van der Waals surface area contributed by atoms with E-state index >= 15 is 0 Å². The third-order valence-electron chi connectivity index (χ3n) is 4.88. The number of nitrogens with two attached hydrogens (primary N) is 1. The molecule has 0 spiro atoms. The highest BCUT2D eigenvalue weighted by Crippen LogP contribution is 2.32. The van der Waals surface area contributed by atoms with Crippen LogP contribution in [0, 0.1) is 0 Å². The molecule has 0 saturated carbocycles. The van der Waals surface area contributed by atoms with Crippen LogP contribution in [0.5, 0.6) is 11.5 Å². The summed E-state index contributed by atoms with van der Waals surface area (Å²) in [5.41, 5.74) is 8.56. The number of rotatable bonds is 4. The molecule has 1 saturated heterocycles. The molecule has 2 N–H and O–H groups in total. The van der Waals surface area contributed by atoms with E-state index in [1.165, 1.54) is 5.56 Å². The van der Waals surface area contributed by atoms with Crippen LogP contribution in [0.25, 0.3) is 6.08 Å². The number of fused-ring (bicyclic) bond motifs is 1. The van der Waals surface area contributed by atoms with Crippen molar-refractivity contribution in [3.63, 3.8) is 0 Å². The van der Waals surface area contributed by atoms with Crippen molar-refractivity contribution < 1.29 is 14.3 Å². The van der Waals surface area contributed by atoms with E-state index in [1.54, 1.807) is 6.08 Å². The van der Waals surface area contributed by atoms with Crippen molar-refractivity contribution >= 4 is 17.7 Å². The first-order valence-corrected chi connectivity index (χ1v) is 9.11. The number of amides is 1. The second kappa shape index (κ2) is 7.72. The molecule has 4 rings (SSSR count). The minimum absolute atomic E-state index is 0.0505. The zero-order chi connectivity index (χ0) is 18.6. The van der Waals surface area contributed by atoms with Crippen LogP contribution in [0.15, 0.2) is 48.5 Å². The Hall–Kier alpha value is -2.99. The number of nitrogen functional groups attached to an aromatic ring is 1. The van der Waals surface area contributed by atoms with Crippen molar-refractivity contribution in [1.29, 1.82) is 0 Å². The van der Waals surface area contributed by atoms with Crippen molar-refractivity contribution in [1.82, 2.24) is 9.80 Å². The highest BCUT2D eigenvalue weighted by Gasteiger charge is 2.20. The lowest BCUT2D eigenvalue weighted by Gasteiger charge is -2.34. The fourth-order valence-corrected chi connectivity index (χ4v) is 3.30. The van der Waals surface area contributed by atoms with E-state index in [4.69, 9.17) is 15.2 Å². The lowest BCUT2D eigenvalue weighted by Crippen LogP contribution is -2.47. The highest BCUT2D eigenvalue weighted by molar-refractivity contribution is 5.91. The van der Waals surface area contributed by atoms with Gasteiger partial charge >= 0.3 is 0 Å². The maximum Gasteiger partial charge on any atom is 0.246 e. The van der Waals surface area contributed by atoms with Crippen molar-refractivity contribution in [3.05, 3.63) is 59.7 Å². The molecule has 2 heterocycles. The molecule has 27 heavy (non-hydrogen) atoms. The summed E-state index contributed by atoms with van der Waals surface area (Å²) in [5.74, 6) is 1.67. The molecule has 0 bridgehead atoms. The molecule has 2 aliphatic heterocycles. The Bertz CT molecular complexity index is 840. The maximum absolute atomic E-state index is 12.4. The topological polar surface area (TPSA) is 68.0 Å².